The van der Waals surface area contributed by atoms with Gasteiger partial charge in [-0.15, -0.1) is 11.8 Å². The molecule has 0 bridgehead atoms. The van der Waals surface area contributed by atoms with E-state index in [1.165, 1.54) is 21.6 Å². The molecule has 0 aliphatic carbocycles. The van der Waals surface area contributed by atoms with E-state index in [9.17, 15) is 0 Å². The minimum atomic E-state index is 0.235. The highest BCUT2D eigenvalue weighted by Crippen LogP contribution is 2.39. The van der Waals surface area contributed by atoms with Gasteiger partial charge in [-0.1, -0.05) is 12.1 Å². The van der Waals surface area contributed by atoms with Crippen LogP contribution in [0.2, 0.25) is 0 Å². The minimum Gasteiger partial charge on any atom is -0.454 e. The van der Waals surface area contributed by atoms with Gasteiger partial charge in [-0.2, -0.15) is 0 Å². The van der Waals surface area contributed by atoms with Crippen LogP contribution in [0.15, 0.2) is 41.3 Å². The van der Waals surface area contributed by atoms with Crippen molar-refractivity contribution in [3.63, 3.8) is 0 Å². The molecular weight excluding hydrogens is 282 g/mol. The Hall–Kier alpha value is -1.65. The Bertz CT molecular complexity index is 669. The van der Waals surface area contributed by atoms with Crippen LogP contribution in [-0.2, 0) is 6.42 Å². The number of nitrogens with one attached hydrogen (secondary N) is 1. The van der Waals surface area contributed by atoms with E-state index in [1.807, 2.05) is 0 Å². The first-order chi connectivity index (χ1) is 10.3. The monoisotopic (exact) mass is 299 g/mol. The average Bonchev–Trinajstić information content (AvgIpc) is 2.99. The Labute approximate surface area is 128 Å². The van der Waals surface area contributed by atoms with Crippen LogP contribution in [0.25, 0.3) is 0 Å². The van der Waals surface area contributed by atoms with Crippen molar-refractivity contribution in [2.45, 2.75) is 17.4 Å². The van der Waals surface area contributed by atoms with Gasteiger partial charge in [0.1, 0.15) is 0 Å². The normalized spacial score (nSPS) is 19.4. The van der Waals surface area contributed by atoms with Crippen LogP contribution in [0.3, 0.4) is 0 Å². The molecule has 1 N–H and O–H groups in total. The maximum absolute atomic E-state index is 5.53. The van der Waals surface area contributed by atoms with Crippen molar-refractivity contribution in [2.75, 3.05) is 19.6 Å². The Morgan fingerprint density at radius 1 is 1.10 bits per heavy atom. The Morgan fingerprint density at radius 3 is 2.62 bits per heavy atom. The van der Waals surface area contributed by atoms with Gasteiger partial charge in [-0.25, -0.2) is 0 Å². The predicted molar refractivity (Wildman–Crippen MR) is 84.3 cm³/mol. The van der Waals surface area contributed by atoms with Gasteiger partial charge in [0.15, 0.2) is 11.5 Å². The zero-order valence-electron chi connectivity index (χ0n) is 11.9. The van der Waals surface area contributed by atoms with Crippen molar-refractivity contribution < 1.29 is 9.47 Å². The summed E-state index contributed by atoms with van der Waals surface area (Å²) < 4.78 is 11.0. The topological polar surface area (TPSA) is 30.5 Å². The summed E-state index contributed by atoms with van der Waals surface area (Å²) in [6.07, 6.45) is 3.13. The molecule has 0 saturated carbocycles. The van der Waals surface area contributed by atoms with Gasteiger partial charge in [-0.05, 0) is 53.6 Å². The molecule has 1 atom stereocenters. The molecule has 0 fully saturated rings. The zero-order chi connectivity index (χ0) is 14.2. The first-order valence-corrected chi connectivity index (χ1v) is 8.37. The molecule has 21 heavy (non-hydrogen) atoms. The van der Waals surface area contributed by atoms with Crippen LogP contribution in [-0.4, -0.2) is 19.6 Å². The molecule has 4 rings (SSSR count). The van der Waals surface area contributed by atoms with Crippen molar-refractivity contribution in [1.29, 1.82) is 0 Å². The minimum absolute atomic E-state index is 0.235. The molecule has 0 aromatic heterocycles. The lowest BCUT2D eigenvalue weighted by Gasteiger charge is -2.27. The van der Waals surface area contributed by atoms with E-state index in [0.29, 0.717) is 6.79 Å². The second-order valence-corrected chi connectivity index (χ2v) is 6.19. The summed E-state index contributed by atoms with van der Waals surface area (Å²) in [4.78, 5) is 1.29. The average molecular weight is 299 g/mol. The third-order valence-electron chi connectivity index (χ3n) is 4.14. The summed E-state index contributed by atoms with van der Waals surface area (Å²) in [5.41, 5.74) is 3.96. The third kappa shape index (κ3) is 2.28. The largest absolute Gasteiger partial charge is 0.454 e. The first-order valence-electron chi connectivity index (χ1n) is 7.15. The SMILES string of the molecule is CSc1ccc(C2NCCc3cc4c(cc32)OCO4)cc1. The molecule has 4 heteroatoms. The lowest BCUT2D eigenvalue weighted by Crippen LogP contribution is -2.30. The molecule has 2 aliphatic rings. The van der Waals surface area contributed by atoms with E-state index < -0.39 is 0 Å². The summed E-state index contributed by atoms with van der Waals surface area (Å²) >= 11 is 1.77. The van der Waals surface area contributed by atoms with E-state index in [2.05, 4.69) is 48.0 Å². The zero-order valence-corrected chi connectivity index (χ0v) is 12.7. The van der Waals surface area contributed by atoms with E-state index in [-0.39, 0.29) is 6.04 Å². The third-order valence-corrected chi connectivity index (χ3v) is 4.88. The summed E-state index contributed by atoms with van der Waals surface area (Å²) in [5, 5.41) is 3.62. The fraction of sp³-hybridized carbons (Fsp3) is 0.294. The van der Waals surface area contributed by atoms with Crippen molar-refractivity contribution >= 4 is 11.8 Å². The summed E-state index contributed by atoms with van der Waals surface area (Å²) in [7, 11) is 0. The number of hydrogen-bond acceptors (Lipinski definition) is 4. The van der Waals surface area contributed by atoms with Gasteiger partial charge in [-0.3, -0.25) is 0 Å². The quantitative estimate of drug-likeness (QED) is 0.861. The van der Waals surface area contributed by atoms with Crippen LogP contribution in [0.5, 0.6) is 11.5 Å². The van der Waals surface area contributed by atoms with Gasteiger partial charge in [0.2, 0.25) is 6.79 Å². The highest BCUT2D eigenvalue weighted by Gasteiger charge is 2.25. The summed E-state index contributed by atoms with van der Waals surface area (Å²) in [6, 6.07) is 13.3. The van der Waals surface area contributed by atoms with Gasteiger partial charge in [0.05, 0.1) is 6.04 Å². The molecule has 0 saturated heterocycles. The van der Waals surface area contributed by atoms with E-state index in [1.54, 1.807) is 11.8 Å². The number of fused-ring (bicyclic) bond motifs is 2. The molecule has 3 nitrogen and oxygen atoms in total. The number of rotatable bonds is 2. The lowest BCUT2D eigenvalue weighted by atomic mass is 9.89. The second kappa shape index (κ2) is 5.28. The molecule has 1 unspecified atom stereocenters. The summed E-state index contributed by atoms with van der Waals surface area (Å²) in [6.45, 7) is 1.32. The second-order valence-electron chi connectivity index (χ2n) is 5.31. The van der Waals surface area contributed by atoms with Gasteiger partial charge in [0, 0.05) is 11.4 Å². The van der Waals surface area contributed by atoms with Crippen molar-refractivity contribution in [1.82, 2.24) is 5.32 Å². The highest BCUT2D eigenvalue weighted by atomic mass is 32.2. The van der Waals surface area contributed by atoms with Crippen LogP contribution in [0, 0.1) is 0 Å². The predicted octanol–water partition coefficient (Wildman–Crippen LogP) is 3.37. The maximum atomic E-state index is 5.53. The van der Waals surface area contributed by atoms with Gasteiger partial charge < -0.3 is 14.8 Å². The number of benzene rings is 2. The number of thioether (sulfide) groups is 1. The van der Waals surface area contributed by atoms with Crippen molar-refractivity contribution in [3.05, 3.63) is 53.1 Å². The smallest absolute Gasteiger partial charge is 0.231 e. The molecule has 0 radical (unpaired) electrons. The molecule has 0 spiro atoms. The molecule has 108 valence electrons. The number of hydrogen-bond donors (Lipinski definition) is 1. The molecule has 2 aromatic rings. The van der Waals surface area contributed by atoms with Crippen LogP contribution >= 0.6 is 11.8 Å². The summed E-state index contributed by atoms with van der Waals surface area (Å²) in [5.74, 6) is 1.75. The van der Waals surface area contributed by atoms with Gasteiger partial charge in [0.25, 0.3) is 0 Å². The van der Waals surface area contributed by atoms with E-state index in [0.717, 1.165) is 24.5 Å². The van der Waals surface area contributed by atoms with Crippen molar-refractivity contribution in [3.8, 4) is 11.5 Å². The first kappa shape index (κ1) is 13.0. The number of ether oxygens (including phenoxy) is 2. The van der Waals surface area contributed by atoms with Crippen LogP contribution in [0.1, 0.15) is 22.7 Å². The van der Waals surface area contributed by atoms with E-state index in [4.69, 9.17) is 9.47 Å². The molecule has 0 amide bonds. The van der Waals surface area contributed by atoms with Crippen LogP contribution < -0.4 is 14.8 Å². The standard InChI is InChI=1S/C17H17NO2S/c1-21-13-4-2-11(3-5-13)17-14-9-16-15(19-10-20-16)8-12(14)6-7-18-17/h2-5,8-9,17-18H,6-7,10H2,1H3. The fourth-order valence-electron chi connectivity index (χ4n) is 3.04. The Balaban J connectivity index is 1.75. The molecular formula is C17H17NO2S. The highest BCUT2D eigenvalue weighted by molar-refractivity contribution is 7.98. The molecule has 2 aliphatic heterocycles. The molecule has 2 heterocycles. The fourth-order valence-corrected chi connectivity index (χ4v) is 3.45. The van der Waals surface area contributed by atoms with Crippen molar-refractivity contribution in [2.24, 2.45) is 0 Å². The van der Waals surface area contributed by atoms with Crippen LogP contribution in [0.4, 0.5) is 0 Å². The maximum Gasteiger partial charge on any atom is 0.231 e. The Morgan fingerprint density at radius 2 is 1.86 bits per heavy atom. The van der Waals surface area contributed by atoms with E-state index >= 15 is 0 Å². The van der Waals surface area contributed by atoms with Gasteiger partial charge >= 0.3 is 0 Å². The Kier molecular flexibility index (Phi) is 3.28. The lowest BCUT2D eigenvalue weighted by molar-refractivity contribution is 0.174. The molecule has 2 aromatic carbocycles.